The molecule has 1 saturated carbocycles. The summed E-state index contributed by atoms with van der Waals surface area (Å²) in [4.78, 5) is 8.76. The van der Waals surface area contributed by atoms with Gasteiger partial charge in [-0.15, -0.1) is 0 Å². The fourth-order valence-corrected chi connectivity index (χ4v) is 2.55. The average Bonchev–Trinajstić information content (AvgIpc) is 3.15. The minimum atomic E-state index is 0.553. The Morgan fingerprint density at radius 2 is 2.33 bits per heavy atom. The summed E-state index contributed by atoms with van der Waals surface area (Å²) in [5.41, 5.74) is 2.22. The molecule has 0 amide bonds. The molecule has 6 heteroatoms. The van der Waals surface area contributed by atoms with Crippen molar-refractivity contribution < 1.29 is 4.52 Å². The van der Waals surface area contributed by atoms with Gasteiger partial charge in [-0.3, -0.25) is 0 Å². The van der Waals surface area contributed by atoms with Crippen LogP contribution >= 0.6 is 0 Å². The van der Waals surface area contributed by atoms with Gasteiger partial charge in [0.2, 0.25) is 5.89 Å². The molecular formula is C15H17N5O. The van der Waals surface area contributed by atoms with Crippen LogP contribution in [-0.4, -0.2) is 25.7 Å². The van der Waals surface area contributed by atoms with Crippen molar-refractivity contribution in [1.29, 1.82) is 0 Å². The van der Waals surface area contributed by atoms with Crippen molar-refractivity contribution in [2.24, 2.45) is 0 Å². The van der Waals surface area contributed by atoms with E-state index in [0.717, 1.165) is 12.2 Å². The van der Waals surface area contributed by atoms with Crippen LogP contribution in [-0.2, 0) is 13.1 Å². The Morgan fingerprint density at radius 1 is 1.43 bits per heavy atom. The Morgan fingerprint density at radius 3 is 3.10 bits per heavy atom. The molecule has 6 nitrogen and oxygen atoms in total. The highest BCUT2D eigenvalue weighted by Crippen LogP contribution is 2.23. The third-order valence-electron chi connectivity index (χ3n) is 3.75. The van der Waals surface area contributed by atoms with Gasteiger partial charge in [-0.2, -0.15) is 4.98 Å². The second kappa shape index (κ2) is 4.96. The van der Waals surface area contributed by atoms with Crippen LogP contribution in [0.3, 0.4) is 0 Å². The number of fused-ring (bicyclic) bond motifs is 1. The van der Waals surface area contributed by atoms with E-state index in [4.69, 9.17) is 4.52 Å². The van der Waals surface area contributed by atoms with Gasteiger partial charge in [-0.1, -0.05) is 5.16 Å². The minimum Gasteiger partial charge on any atom is -0.337 e. The summed E-state index contributed by atoms with van der Waals surface area (Å²) >= 11 is 0. The molecule has 1 fully saturated rings. The maximum Gasteiger partial charge on any atom is 0.246 e. The first-order chi connectivity index (χ1) is 10.3. The molecule has 0 unspecified atom stereocenters. The second-order valence-electron chi connectivity index (χ2n) is 5.55. The van der Waals surface area contributed by atoms with E-state index in [9.17, 15) is 0 Å². The number of hydrogen-bond acceptors (Lipinski definition) is 5. The van der Waals surface area contributed by atoms with Gasteiger partial charge in [0.05, 0.1) is 0 Å². The first-order valence-corrected chi connectivity index (χ1v) is 7.25. The fourth-order valence-electron chi connectivity index (χ4n) is 2.55. The van der Waals surface area contributed by atoms with E-state index >= 15 is 0 Å². The zero-order valence-electron chi connectivity index (χ0n) is 11.9. The van der Waals surface area contributed by atoms with Gasteiger partial charge < -0.3 is 14.4 Å². The third-order valence-corrected chi connectivity index (χ3v) is 3.75. The average molecular weight is 283 g/mol. The summed E-state index contributed by atoms with van der Waals surface area (Å²) < 4.78 is 7.28. The van der Waals surface area contributed by atoms with Gasteiger partial charge in [0, 0.05) is 30.4 Å². The number of nitrogens with one attached hydrogen (secondary N) is 1. The largest absolute Gasteiger partial charge is 0.337 e. The first-order valence-electron chi connectivity index (χ1n) is 7.25. The molecule has 3 aromatic heterocycles. The lowest BCUT2D eigenvalue weighted by atomic mass is 10.2. The zero-order valence-corrected chi connectivity index (χ0v) is 11.9. The molecule has 0 saturated heterocycles. The van der Waals surface area contributed by atoms with E-state index in [-0.39, 0.29) is 0 Å². The Balaban J connectivity index is 1.66. The third kappa shape index (κ3) is 2.54. The SMILES string of the molecule is Cc1noc(Cn2cc(CNC3CC3)c3cccnc32)n1. The number of hydrogen-bond donors (Lipinski definition) is 1. The molecule has 4 rings (SSSR count). The van der Waals surface area contributed by atoms with Crippen molar-refractivity contribution in [1.82, 2.24) is 25.0 Å². The quantitative estimate of drug-likeness (QED) is 0.776. The van der Waals surface area contributed by atoms with E-state index in [1.807, 2.05) is 19.2 Å². The molecule has 0 radical (unpaired) electrons. The topological polar surface area (TPSA) is 68.8 Å². The van der Waals surface area contributed by atoms with Gasteiger partial charge >= 0.3 is 0 Å². The minimum absolute atomic E-state index is 0.553. The van der Waals surface area contributed by atoms with E-state index in [1.165, 1.54) is 23.8 Å². The van der Waals surface area contributed by atoms with E-state index in [0.29, 0.717) is 24.3 Å². The molecule has 0 bridgehead atoms. The van der Waals surface area contributed by atoms with Gasteiger partial charge in [0.25, 0.3) is 0 Å². The first kappa shape index (κ1) is 12.5. The van der Waals surface area contributed by atoms with Crippen molar-refractivity contribution in [3.63, 3.8) is 0 Å². The van der Waals surface area contributed by atoms with Crippen LogP contribution in [0.2, 0.25) is 0 Å². The van der Waals surface area contributed by atoms with Crippen molar-refractivity contribution in [2.45, 2.75) is 38.9 Å². The Bertz CT molecular complexity index is 771. The molecule has 108 valence electrons. The van der Waals surface area contributed by atoms with Gasteiger partial charge in [0.1, 0.15) is 12.2 Å². The predicted octanol–water partition coefficient (Wildman–Crippen LogP) is 2.03. The van der Waals surface area contributed by atoms with E-state index in [1.54, 1.807) is 0 Å². The highest BCUT2D eigenvalue weighted by molar-refractivity contribution is 5.80. The molecule has 1 N–H and O–H groups in total. The van der Waals surface area contributed by atoms with E-state index in [2.05, 4.69) is 37.3 Å². The number of aryl methyl sites for hydroxylation is 1. The maximum absolute atomic E-state index is 5.21. The zero-order chi connectivity index (χ0) is 14.2. The summed E-state index contributed by atoms with van der Waals surface area (Å²) in [5.74, 6) is 1.27. The summed E-state index contributed by atoms with van der Waals surface area (Å²) in [7, 11) is 0. The predicted molar refractivity (Wildman–Crippen MR) is 77.7 cm³/mol. The lowest BCUT2D eigenvalue weighted by molar-refractivity contribution is 0.369. The van der Waals surface area contributed by atoms with Crippen LogP contribution in [0.4, 0.5) is 0 Å². The van der Waals surface area contributed by atoms with Crippen LogP contribution < -0.4 is 5.32 Å². The number of rotatable bonds is 5. The van der Waals surface area contributed by atoms with Crippen molar-refractivity contribution in [3.8, 4) is 0 Å². The molecule has 3 aromatic rings. The highest BCUT2D eigenvalue weighted by Gasteiger charge is 2.21. The maximum atomic E-state index is 5.21. The molecule has 0 spiro atoms. The Hall–Kier alpha value is -2.21. The fraction of sp³-hybridized carbons (Fsp3) is 0.400. The summed E-state index contributed by atoms with van der Waals surface area (Å²) in [5, 5.41) is 8.57. The molecule has 0 atom stereocenters. The number of nitrogens with zero attached hydrogens (tertiary/aromatic N) is 4. The Kier molecular flexibility index (Phi) is 2.96. The second-order valence-corrected chi connectivity index (χ2v) is 5.55. The molecule has 0 aromatic carbocycles. The summed E-state index contributed by atoms with van der Waals surface area (Å²) in [6.07, 6.45) is 6.53. The Labute approximate surface area is 122 Å². The summed E-state index contributed by atoms with van der Waals surface area (Å²) in [6, 6.07) is 4.78. The van der Waals surface area contributed by atoms with Crippen molar-refractivity contribution in [2.75, 3.05) is 0 Å². The van der Waals surface area contributed by atoms with Crippen LogP contribution in [0.5, 0.6) is 0 Å². The standard InChI is InChI=1S/C15H17N5O/c1-10-18-14(21-19-10)9-20-8-11(7-17-12-4-5-12)13-3-2-6-16-15(13)20/h2-3,6,8,12,17H,4-5,7,9H2,1H3. The normalized spacial score (nSPS) is 14.9. The molecule has 3 heterocycles. The number of aromatic nitrogens is 4. The highest BCUT2D eigenvalue weighted by atomic mass is 16.5. The van der Waals surface area contributed by atoms with Crippen molar-refractivity contribution in [3.05, 3.63) is 41.8 Å². The van der Waals surface area contributed by atoms with Crippen LogP contribution in [0, 0.1) is 6.92 Å². The van der Waals surface area contributed by atoms with Gasteiger partial charge in [-0.05, 0) is 37.5 Å². The summed E-state index contributed by atoms with van der Waals surface area (Å²) in [6.45, 7) is 3.25. The molecule has 1 aliphatic rings. The van der Waals surface area contributed by atoms with Gasteiger partial charge in [0.15, 0.2) is 5.82 Å². The van der Waals surface area contributed by atoms with E-state index < -0.39 is 0 Å². The number of pyridine rings is 1. The molecule has 1 aliphatic carbocycles. The van der Waals surface area contributed by atoms with Crippen molar-refractivity contribution >= 4 is 11.0 Å². The molecule has 0 aliphatic heterocycles. The van der Waals surface area contributed by atoms with Crippen LogP contribution in [0.1, 0.15) is 30.1 Å². The lowest BCUT2D eigenvalue weighted by Gasteiger charge is -2.00. The molecular weight excluding hydrogens is 266 g/mol. The smallest absolute Gasteiger partial charge is 0.246 e. The lowest BCUT2D eigenvalue weighted by Crippen LogP contribution is -2.14. The molecule has 21 heavy (non-hydrogen) atoms. The monoisotopic (exact) mass is 283 g/mol. The van der Waals surface area contributed by atoms with Crippen LogP contribution in [0.15, 0.2) is 29.0 Å². The van der Waals surface area contributed by atoms with Crippen LogP contribution in [0.25, 0.3) is 11.0 Å². The van der Waals surface area contributed by atoms with Gasteiger partial charge in [-0.25, -0.2) is 4.98 Å².